The number of carboxylic acid groups (broad SMARTS) is 1. The molecule has 4 rings (SSSR count). The van der Waals surface area contributed by atoms with E-state index >= 15 is 0 Å². The van der Waals surface area contributed by atoms with Crippen LogP contribution in [0.3, 0.4) is 0 Å². The number of aliphatic carboxylic acids is 1. The molecule has 4 N–H and O–H groups in total. The van der Waals surface area contributed by atoms with Gasteiger partial charge in [-0.25, -0.2) is 0 Å². The second-order valence-electron chi connectivity index (χ2n) is 6.68. The average Bonchev–Trinajstić information content (AvgIpc) is 3.02. The molecule has 1 aromatic rings. The third-order valence-electron chi connectivity index (χ3n) is 5.03. The van der Waals surface area contributed by atoms with E-state index in [9.17, 15) is 19.5 Å². The molecule has 0 unspecified atom stereocenters. The van der Waals surface area contributed by atoms with Crippen molar-refractivity contribution in [2.75, 3.05) is 17.6 Å². The first-order valence-corrected chi connectivity index (χ1v) is 9.74. The summed E-state index contributed by atoms with van der Waals surface area (Å²) in [7, 11) is 0. The van der Waals surface area contributed by atoms with Gasteiger partial charge in [0, 0.05) is 17.9 Å². The third kappa shape index (κ3) is 2.86. The van der Waals surface area contributed by atoms with E-state index in [1.807, 2.05) is 15.6 Å². The van der Waals surface area contributed by atoms with Gasteiger partial charge < -0.3 is 26.3 Å². The summed E-state index contributed by atoms with van der Waals surface area (Å²) >= 11 is 1.47. The quantitative estimate of drug-likeness (QED) is 0.268. The van der Waals surface area contributed by atoms with E-state index in [1.165, 1.54) is 16.7 Å². The first-order chi connectivity index (χ1) is 13.0. The fraction of sp³-hybridized carbons (Fsp3) is 0.500. The van der Waals surface area contributed by atoms with Crippen molar-refractivity contribution in [1.29, 1.82) is 0 Å². The predicted molar refractivity (Wildman–Crippen MR) is 93.7 cm³/mol. The van der Waals surface area contributed by atoms with Crippen LogP contribution in [0.1, 0.15) is 12.0 Å². The van der Waals surface area contributed by atoms with Gasteiger partial charge in [0.2, 0.25) is 18.5 Å². The second kappa shape index (κ2) is 6.89. The number of β-lactam (4-membered cyclic amide) rings is 1. The van der Waals surface area contributed by atoms with Crippen molar-refractivity contribution in [2.45, 2.75) is 37.5 Å². The Bertz CT molecular complexity index is 850. The van der Waals surface area contributed by atoms with Gasteiger partial charge in [0.05, 0.1) is 30.3 Å². The predicted octanol–water partition coefficient (Wildman–Crippen LogP) is -2.92. The third-order valence-corrected chi connectivity index (χ3v) is 6.39. The van der Waals surface area contributed by atoms with Gasteiger partial charge >= 0.3 is 0 Å². The number of carbonyl (C=O) groups is 3. The summed E-state index contributed by atoms with van der Waals surface area (Å²) in [4.78, 5) is 35.7. The molecule has 0 saturated carbocycles. The van der Waals surface area contributed by atoms with Crippen LogP contribution >= 0.6 is 11.8 Å². The highest BCUT2D eigenvalue weighted by atomic mass is 32.2. The Labute approximate surface area is 159 Å². The zero-order valence-corrected chi connectivity index (χ0v) is 15.3. The van der Waals surface area contributed by atoms with E-state index in [1.54, 1.807) is 0 Å². The van der Waals surface area contributed by atoms with Crippen molar-refractivity contribution >= 4 is 35.9 Å². The summed E-state index contributed by atoms with van der Waals surface area (Å²) in [6.45, 7) is 2.31. The molecule has 1 saturated heterocycles. The van der Waals surface area contributed by atoms with Crippen LogP contribution in [0.2, 0.25) is 0 Å². The van der Waals surface area contributed by atoms with Crippen LogP contribution in [0.25, 0.3) is 0 Å². The summed E-state index contributed by atoms with van der Waals surface area (Å²) in [5, 5.41) is 17.4. The summed E-state index contributed by atoms with van der Waals surface area (Å²) in [5.74, 6) is -0.366. The van der Waals surface area contributed by atoms with Gasteiger partial charge in [-0.2, -0.15) is 0 Å². The number of fused-ring (bicyclic) bond motifs is 2. The Morgan fingerprint density at radius 3 is 3.11 bits per heavy atom. The van der Waals surface area contributed by atoms with Crippen LogP contribution in [0, 0.1) is 0 Å². The SMILES string of the molecule is N[C@@H]1C(=O)N2C(C(=O)[O-])=C(C[n+]3cc(CNC=O)c4n3CCCN4)CS[C@H]12. The van der Waals surface area contributed by atoms with Gasteiger partial charge in [0.1, 0.15) is 11.4 Å². The van der Waals surface area contributed by atoms with E-state index in [0.717, 1.165) is 30.9 Å². The minimum Gasteiger partial charge on any atom is -0.543 e. The lowest BCUT2D eigenvalue weighted by Gasteiger charge is -2.49. The van der Waals surface area contributed by atoms with Gasteiger partial charge in [-0.3, -0.25) is 14.5 Å². The molecular formula is C16H20N6O4S. The molecule has 3 aliphatic rings. The van der Waals surface area contributed by atoms with Gasteiger partial charge in [0.25, 0.3) is 0 Å². The number of thioether (sulfide) groups is 1. The number of anilines is 1. The van der Waals surface area contributed by atoms with E-state index in [4.69, 9.17) is 5.73 Å². The van der Waals surface area contributed by atoms with E-state index in [-0.39, 0.29) is 17.0 Å². The Morgan fingerprint density at radius 2 is 2.37 bits per heavy atom. The number of hydrogen-bond donors (Lipinski definition) is 3. The maximum absolute atomic E-state index is 12.1. The lowest BCUT2D eigenvalue weighted by molar-refractivity contribution is -0.768. The molecule has 0 bridgehead atoms. The zero-order chi connectivity index (χ0) is 19.1. The number of rotatable bonds is 6. The highest BCUT2D eigenvalue weighted by Gasteiger charge is 2.50. The number of carboxylic acids is 1. The average molecular weight is 392 g/mol. The number of nitrogens with zero attached hydrogens (tertiary/aromatic N) is 3. The van der Waals surface area contributed by atoms with Gasteiger partial charge in [-0.15, -0.1) is 21.1 Å². The fourth-order valence-corrected chi connectivity index (χ4v) is 5.07. The summed E-state index contributed by atoms with van der Waals surface area (Å²) < 4.78 is 3.96. The standard InChI is InChI=1S/C16H20N6O4S/c17-11-14(24)22-12(16(25)26)10(7-27-15(11)22)6-20-5-9(4-18-8-23)13-19-2-1-3-21(13)20/h5,8,11,15H,1-4,6-7,17H2,(H2,18,23,25,26)/t11-,15-/m1/s1. The number of nitrogens with two attached hydrogens (primary N) is 1. The molecule has 27 heavy (non-hydrogen) atoms. The van der Waals surface area contributed by atoms with Gasteiger partial charge in [0.15, 0.2) is 12.4 Å². The molecule has 10 nitrogen and oxygen atoms in total. The van der Waals surface area contributed by atoms with E-state index in [2.05, 4.69) is 10.6 Å². The minimum atomic E-state index is -1.36. The highest BCUT2D eigenvalue weighted by molar-refractivity contribution is 8.00. The first-order valence-electron chi connectivity index (χ1n) is 8.69. The van der Waals surface area contributed by atoms with Crippen LogP contribution in [0.5, 0.6) is 0 Å². The zero-order valence-electron chi connectivity index (χ0n) is 14.5. The molecule has 3 aliphatic heterocycles. The summed E-state index contributed by atoms with van der Waals surface area (Å²) in [6.07, 6.45) is 3.47. The number of amides is 2. The summed E-state index contributed by atoms with van der Waals surface area (Å²) in [6, 6.07) is -0.662. The van der Waals surface area contributed by atoms with Crippen LogP contribution in [-0.4, -0.2) is 51.6 Å². The van der Waals surface area contributed by atoms with Crippen molar-refractivity contribution in [1.82, 2.24) is 14.9 Å². The molecule has 1 fully saturated rings. The van der Waals surface area contributed by atoms with Crippen molar-refractivity contribution < 1.29 is 24.2 Å². The molecule has 0 aliphatic carbocycles. The van der Waals surface area contributed by atoms with E-state index < -0.39 is 12.0 Å². The molecule has 2 atom stereocenters. The van der Waals surface area contributed by atoms with Gasteiger partial charge in [-0.05, 0) is 6.42 Å². The largest absolute Gasteiger partial charge is 0.543 e. The molecule has 0 spiro atoms. The van der Waals surface area contributed by atoms with E-state index in [0.29, 0.717) is 30.8 Å². The Kier molecular flexibility index (Phi) is 4.56. The van der Waals surface area contributed by atoms with Crippen LogP contribution in [-0.2, 0) is 34.0 Å². The van der Waals surface area contributed by atoms with Gasteiger partial charge in [-0.1, -0.05) is 0 Å². The molecule has 0 aromatic carbocycles. The topological polar surface area (TPSA) is 136 Å². The Hall–Kier alpha value is -2.53. The smallest absolute Gasteiger partial charge is 0.248 e. The fourth-order valence-electron chi connectivity index (χ4n) is 3.78. The maximum atomic E-state index is 12.1. The molecule has 1 aromatic heterocycles. The highest BCUT2D eigenvalue weighted by Crippen LogP contribution is 2.39. The molecular weight excluding hydrogens is 372 g/mol. The lowest BCUT2D eigenvalue weighted by Crippen LogP contribution is -2.69. The summed E-state index contributed by atoms with van der Waals surface area (Å²) in [5.41, 5.74) is 7.24. The molecule has 2 amide bonds. The molecule has 144 valence electrons. The minimum absolute atomic E-state index is 0.0650. The number of hydrogen-bond acceptors (Lipinski definition) is 7. The Balaban J connectivity index is 1.68. The monoisotopic (exact) mass is 392 g/mol. The number of nitrogens with one attached hydrogen (secondary N) is 2. The molecule has 11 heteroatoms. The van der Waals surface area contributed by atoms with Crippen molar-refractivity contribution in [3.8, 4) is 0 Å². The van der Waals surface area contributed by atoms with Crippen molar-refractivity contribution in [3.63, 3.8) is 0 Å². The molecule has 0 radical (unpaired) electrons. The van der Waals surface area contributed by atoms with Crippen molar-refractivity contribution in [3.05, 3.63) is 23.0 Å². The van der Waals surface area contributed by atoms with Crippen LogP contribution < -0.4 is 26.2 Å². The molecule has 4 heterocycles. The van der Waals surface area contributed by atoms with Crippen LogP contribution in [0.15, 0.2) is 17.5 Å². The Morgan fingerprint density at radius 1 is 1.56 bits per heavy atom. The van der Waals surface area contributed by atoms with Crippen LogP contribution in [0.4, 0.5) is 5.82 Å². The number of carbonyl (C=O) groups excluding carboxylic acids is 3. The second-order valence-corrected chi connectivity index (χ2v) is 7.78. The maximum Gasteiger partial charge on any atom is 0.248 e. The number of aromatic nitrogens is 2. The first kappa shape index (κ1) is 17.9. The van der Waals surface area contributed by atoms with Crippen molar-refractivity contribution in [2.24, 2.45) is 5.73 Å². The normalized spacial score (nSPS) is 23.9. The lowest BCUT2D eigenvalue weighted by atomic mass is 10.0.